The minimum absolute atomic E-state index is 0.0918. The van der Waals surface area contributed by atoms with Crippen molar-refractivity contribution in [3.05, 3.63) is 71.9 Å². The van der Waals surface area contributed by atoms with Crippen LogP contribution < -0.4 is 21.3 Å². The second-order valence-corrected chi connectivity index (χ2v) is 22.2. The minimum Gasteiger partial charge on any atom is -0.459 e. The summed E-state index contributed by atoms with van der Waals surface area (Å²) < 4.78 is 46.5. The monoisotopic (exact) mass is 1090 g/mol. The topological polar surface area (TPSA) is 295 Å². The van der Waals surface area contributed by atoms with Crippen molar-refractivity contribution in [2.45, 2.75) is 217 Å². The Hall–Kier alpha value is -5.39. The fourth-order valence-electron chi connectivity index (χ4n) is 10.6. The Labute approximate surface area is 457 Å². The smallest absolute Gasteiger partial charge is 0.303 e. The number of carbonyl (C=O) groups excluding carboxylic acids is 6. The molecule has 0 saturated carbocycles. The molecule has 4 amide bonds. The summed E-state index contributed by atoms with van der Waals surface area (Å²) in [6.45, 7) is 18.5. The Morgan fingerprint density at radius 3 is 1.33 bits per heavy atom. The van der Waals surface area contributed by atoms with Crippen molar-refractivity contribution < 1.29 is 76.9 Å². The van der Waals surface area contributed by atoms with Gasteiger partial charge in [0.25, 0.3) is 0 Å². The number of hydrogen-bond acceptors (Lipinski definition) is 17. The lowest BCUT2D eigenvalue weighted by Gasteiger charge is -2.39. The van der Waals surface area contributed by atoms with Gasteiger partial charge in [-0.2, -0.15) is 0 Å². The van der Waals surface area contributed by atoms with Crippen LogP contribution in [0, 0.1) is 17.2 Å². The van der Waals surface area contributed by atoms with E-state index in [1.807, 2.05) is 52.0 Å². The number of ether oxygens (including phenoxy) is 8. The molecule has 7 N–H and O–H groups in total. The molecule has 21 nitrogen and oxygen atoms in total. The van der Waals surface area contributed by atoms with Crippen LogP contribution >= 0.6 is 0 Å². The van der Waals surface area contributed by atoms with Gasteiger partial charge >= 0.3 is 11.9 Å². The molecule has 0 aromatic rings. The van der Waals surface area contributed by atoms with E-state index in [0.717, 1.165) is 11.1 Å². The Bertz CT molecular complexity index is 2200. The highest BCUT2D eigenvalue weighted by atomic mass is 16.6. The van der Waals surface area contributed by atoms with Gasteiger partial charge in [0.2, 0.25) is 29.6 Å². The van der Waals surface area contributed by atoms with Gasteiger partial charge in [0.1, 0.15) is 47.8 Å². The van der Waals surface area contributed by atoms with E-state index in [2.05, 4.69) is 35.1 Å². The van der Waals surface area contributed by atoms with Crippen LogP contribution in [0.25, 0.3) is 0 Å². The Kier molecular flexibility index (Phi) is 21.9. The first-order chi connectivity index (χ1) is 36.8. The van der Waals surface area contributed by atoms with Gasteiger partial charge < -0.3 is 58.7 Å². The van der Waals surface area contributed by atoms with Gasteiger partial charge in [-0.3, -0.25) is 44.8 Å². The summed E-state index contributed by atoms with van der Waals surface area (Å²) in [5, 5.41) is 41.6. The van der Waals surface area contributed by atoms with Crippen LogP contribution in [0.1, 0.15) is 121 Å². The number of esters is 2. The number of guanidine groups is 1. The second kappa shape index (κ2) is 27.7. The number of carbonyl (C=O) groups is 6. The molecule has 6 rings (SSSR count). The van der Waals surface area contributed by atoms with E-state index in [-0.39, 0.29) is 85.8 Å². The predicted octanol–water partition coefficient (Wildman–Crippen LogP) is 3.91. The fraction of sp³-hybridized carbons (Fsp3) is 0.667. The number of allylic oxidation sites excluding steroid dienone is 4. The van der Waals surface area contributed by atoms with Crippen molar-refractivity contribution in [3.63, 3.8) is 0 Å². The zero-order valence-corrected chi connectivity index (χ0v) is 46.7. The number of rotatable bonds is 20. The summed E-state index contributed by atoms with van der Waals surface area (Å²) in [6.07, 6.45) is 13.4. The number of hydrogen-bond donors (Lipinski definition) is 7. The molecule has 0 bridgehead atoms. The van der Waals surface area contributed by atoms with Gasteiger partial charge in [-0.1, -0.05) is 61.4 Å². The Morgan fingerprint density at radius 2 is 0.987 bits per heavy atom. The van der Waals surface area contributed by atoms with E-state index in [1.54, 1.807) is 26.0 Å². The van der Waals surface area contributed by atoms with Crippen LogP contribution in [0.4, 0.5) is 0 Å². The van der Waals surface area contributed by atoms with Gasteiger partial charge in [-0.05, 0) is 91.2 Å². The van der Waals surface area contributed by atoms with Gasteiger partial charge in [0.05, 0.1) is 74.8 Å². The summed E-state index contributed by atoms with van der Waals surface area (Å²) >= 11 is 0. The van der Waals surface area contributed by atoms with Crippen molar-refractivity contribution in [2.75, 3.05) is 13.2 Å². The third kappa shape index (κ3) is 18.3. The van der Waals surface area contributed by atoms with Gasteiger partial charge in [0.15, 0.2) is 0 Å². The lowest BCUT2D eigenvalue weighted by Crippen LogP contribution is -2.52. The van der Waals surface area contributed by atoms with Crippen molar-refractivity contribution in [1.29, 1.82) is 5.41 Å². The molecule has 0 aromatic heterocycles. The first-order valence-corrected chi connectivity index (χ1v) is 27.3. The van der Waals surface area contributed by atoms with Crippen molar-refractivity contribution >= 4 is 41.5 Å². The number of amides is 4. The molecule has 6 saturated heterocycles. The van der Waals surface area contributed by atoms with Gasteiger partial charge in [-0.25, -0.2) is 0 Å². The standard InChI is InChI=1S/C57H83N5O16/c1-31(11-17-45-33(3)23-43(37(7)75-45)59-49(65)21-15-35(5)73-39(9)63)13-19-47-53(69)56(29-71-56)27-41(77-47)25-51(67)61-55(58)62-52(68)26-42-28-57(30-72-57)54(70)48(78-42)20-14-32(2)12-18-46-34(4)24-44(38(8)76-46)60-50(66)22-16-36(6)74-40(10)64/h11-16,19-22,33-38,41-48,53-54,69-70H,17-18,23-30H2,1-10H3,(H,59,65)(H,60,66)(H3,58,61,62,67,68)/t33-,34-,35-,36-,37+,38+,41+,42+,43+,44+,45-,46-,47+,48+,53+,54+,56+,57+/m0/s1. The molecule has 0 unspecified atom stereocenters. The molecule has 6 fully saturated rings. The molecule has 0 aliphatic carbocycles. The maximum Gasteiger partial charge on any atom is 0.303 e. The second-order valence-electron chi connectivity index (χ2n) is 22.2. The van der Waals surface area contributed by atoms with E-state index in [9.17, 15) is 39.0 Å². The molecule has 0 radical (unpaired) electrons. The number of aliphatic hydroxyl groups is 2. The highest BCUT2D eigenvalue weighted by molar-refractivity contribution is 6.03. The lowest BCUT2D eigenvalue weighted by molar-refractivity contribution is -0.145. The van der Waals surface area contributed by atoms with E-state index >= 15 is 0 Å². The molecule has 18 atom stereocenters. The van der Waals surface area contributed by atoms with E-state index in [1.165, 1.54) is 38.2 Å². The summed E-state index contributed by atoms with van der Waals surface area (Å²) in [5.41, 5.74) is 0.0964. The minimum atomic E-state index is -0.971. The molecule has 2 spiro atoms. The molecule has 432 valence electrons. The summed E-state index contributed by atoms with van der Waals surface area (Å²) in [6, 6.07) is -0.384. The predicted molar refractivity (Wildman–Crippen MR) is 285 cm³/mol. The summed E-state index contributed by atoms with van der Waals surface area (Å²) in [5.74, 6) is -2.81. The molecular weight excluding hydrogens is 1010 g/mol. The van der Waals surface area contributed by atoms with Gasteiger partial charge in [0, 0.05) is 38.8 Å². The quantitative estimate of drug-likeness (QED) is 0.0227. The molecule has 0 aromatic carbocycles. The first kappa shape index (κ1) is 61.8. The van der Waals surface area contributed by atoms with Crippen LogP contribution in [0.3, 0.4) is 0 Å². The van der Waals surface area contributed by atoms with Crippen LogP contribution in [0.2, 0.25) is 0 Å². The zero-order valence-electron chi connectivity index (χ0n) is 46.7. The SMILES string of the molecule is CC(=O)O[C@@H](C)C=CC(=O)N[C@@H]1C[C@H](C)[C@H](CC=C(C)C=C[C@H]2O[C@H](CC(=O)NC(=N)NC(=O)C[C@@H]3C[C@@]4(CO4)[C@H](O)[C@@H](C=CC(C)=CC[C@@H]4O[C@H](C)[C@H](NC(=O)C=C[C@H](C)OC(C)=O)C[C@@H]4C)O3)C[C@@]3(CO3)[C@@H]2O)O[C@@H]1C. The molecular formula is C57H83N5O16. The van der Waals surface area contributed by atoms with Crippen LogP contribution in [-0.2, 0) is 66.7 Å². The normalized spacial score (nSPS) is 35.8. The number of nitrogens with one attached hydrogen (secondary N) is 5. The number of aliphatic hydroxyl groups excluding tert-OH is 2. The maximum atomic E-state index is 13.2. The highest BCUT2D eigenvalue weighted by Gasteiger charge is 2.59. The third-order valence-electron chi connectivity index (χ3n) is 15.2. The van der Waals surface area contributed by atoms with E-state index in [4.69, 9.17) is 43.3 Å². The molecule has 78 heavy (non-hydrogen) atoms. The molecule has 6 aliphatic rings. The molecule has 6 heterocycles. The third-order valence-corrected chi connectivity index (χ3v) is 15.2. The first-order valence-electron chi connectivity index (χ1n) is 27.3. The average Bonchev–Trinajstić information content (AvgIpc) is 4.40. The largest absolute Gasteiger partial charge is 0.459 e. The van der Waals surface area contributed by atoms with E-state index in [0.29, 0.717) is 38.9 Å². The Morgan fingerprint density at radius 1 is 0.615 bits per heavy atom. The molecule has 21 heteroatoms. The van der Waals surface area contributed by atoms with E-state index < -0.39 is 89.7 Å². The summed E-state index contributed by atoms with van der Waals surface area (Å²) in [7, 11) is 0. The van der Waals surface area contributed by atoms with Crippen molar-refractivity contribution in [3.8, 4) is 0 Å². The summed E-state index contributed by atoms with van der Waals surface area (Å²) in [4.78, 5) is 73.9. The highest BCUT2D eigenvalue weighted by Crippen LogP contribution is 2.45. The van der Waals surface area contributed by atoms with Crippen LogP contribution in [0.15, 0.2) is 71.9 Å². The van der Waals surface area contributed by atoms with Crippen LogP contribution in [-0.4, -0.2) is 161 Å². The maximum absolute atomic E-state index is 13.2. The number of epoxide rings is 2. The lowest BCUT2D eigenvalue weighted by atomic mass is 9.87. The fourth-order valence-corrected chi connectivity index (χ4v) is 10.6. The molecule has 6 aliphatic heterocycles. The van der Waals surface area contributed by atoms with Crippen molar-refractivity contribution in [1.82, 2.24) is 21.3 Å². The van der Waals surface area contributed by atoms with Gasteiger partial charge in [-0.15, -0.1) is 0 Å². The Balaban J connectivity index is 0.919. The average molecular weight is 1090 g/mol. The van der Waals surface area contributed by atoms with Crippen LogP contribution in [0.5, 0.6) is 0 Å². The zero-order chi connectivity index (χ0) is 57.1. The van der Waals surface area contributed by atoms with Crippen molar-refractivity contribution in [2.24, 2.45) is 11.8 Å².